The highest BCUT2D eigenvalue weighted by Gasteiger charge is 2.46. The maximum absolute atomic E-state index is 15.1. The summed E-state index contributed by atoms with van der Waals surface area (Å²) in [6, 6.07) is 2.46. The summed E-state index contributed by atoms with van der Waals surface area (Å²) in [6.45, 7) is 5.05. The van der Waals surface area contributed by atoms with E-state index in [1.807, 2.05) is 0 Å². The Kier molecular flexibility index (Phi) is 5.95. The number of pyridine rings is 2. The van der Waals surface area contributed by atoms with Gasteiger partial charge in [-0.3, -0.25) is 4.79 Å². The quantitative estimate of drug-likeness (QED) is 0.283. The predicted octanol–water partition coefficient (Wildman–Crippen LogP) is 2.57. The van der Waals surface area contributed by atoms with E-state index in [1.165, 1.54) is 6.07 Å². The minimum Gasteiger partial charge on any atom is -0.458 e. The minimum absolute atomic E-state index is 0.0375. The molecule has 2 amide bonds. The number of carbonyl (C=O) groups excluding carboxylic acids is 2. The summed E-state index contributed by atoms with van der Waals surface area (Å²) < 4.78 is 21.8. The van der Waals surface area contributed by atoms with E-state index < -0.39 is 11.6 Å². The number of hydrogen-bond donors (Lipinski definition) is 4. The van der Waals surface area contributed by atoms with Gasteiger partial charge >= 0.3 is 12.0 Å². The maximum Gasteiger partial charge on any atom is 0.343 e. The molecule has 3 atom stereocenters. The highest BCUT2D eigenvalue weighted by Crippen LogP contribution is 2.45. The van der Waals surface area contributed by atoms with E-state index in [0.29, 0.717) is 41.9 Å². The van der Waals surface area contributed by atoms with Crippen LogP contribution in [0.4, 0.5) is 9.18 Å². The summed E-state index contributed by atoms with van der Waals surface area (Å²) in [7, 11) is 0. The Hall–Kier alpha value is -3.83. The molecule has 2 aromatic heterocycles. The van der Waals surface area contributed by atoms with Crippen molar-refractivity contribution in [3.05, 3.63) is 61.7 Å². The largest absolute Gasteiger partial charge is 0.458 e. The van der Waals surface area contributed by atoms with Crippen LogP contribution in [-0.4, -0.2) is 45.8 Å². The molecule has 3 aromatic rings. The number of carbonyl (C=O) groups is 2. The van der Waals surface area contributed by atoms with E-state index in [9.17, 15) is 19.5 Å². The summed E-state index contributed by atoms with van der Waals surface area (Å²) in [5.74, 6) is -1.15. The summed E-state index contributed by atoms with van der Waals surface area (Å²) >= 11 is 0. The fourth-order valence-electron chi connectivity index (χ4n) is 7.06. The second kappa shape index (κ2) is 9.35. The smallest absolute Gasteiger partial charge is 0.343 e. The number of piperidine rings is 1. The number of benzene rings is 1. The van der Waals surface area contributed by atoms with Gasteiger partial charge in [0.1, 0.15) is 12.4 Å². The maximum atomic E-state index is 15.1. The van der Waals surface area contributed by atoms with Crippen LogP contribution in [-0.2, 0) is 34.7 Å². The molecule has 1 aromatic carbocycles. The van der Waals surface area contributed by atoms with Gasteiger partial charge in [0.05, 0.1) is 35.1 Å². The number of fused-ring (bicyclic) bond motifs is 5. The average molecular weight is 562 g/mol. The molecule has 1 aliphatic carbocycles. The first-order valence-electron chi connectivity index (χ1n) is 14.3. The van der Waals surface area contributed by atoms with Gasteiger partial charge < -0.3 is 30.4 Å². The zero-order valence-corrected chi connectivity index (χ0v) is 23.0. The molecule has 0 spiro atoms. The number of urea groups is 1. The Morgan fingerprint density at radius 1 is 1.24 bits per heavy atom. The van der Waals surface area contributed by atoms with Crippen LogP contribution in [0.5, 0.6) is 0 Å². The van der Waals surface area contributed by atoms with Crippen LogP contribution in [0.25, 0.3) is 22.3 Å². The normalized spacial score (nSPS) is 24.3. The van der Waals surface area contributed by atoms with Gasteiger partial charge in [0.25, 0.3) is 5.56 Å². The molecule has 0 radical (unpaired) electrons. The highest BCUT2D eigenvalue weighted by atomic mass is 19.1. The molecule has 4 aliphatic rings. The van der Waals surface area contributed by atoms with Gasteiger partial charge in [0.15, 0.2) is 5.60 Å². The van der Waals surface area contributed by atoms with E-state index in [0.717, 1.165) is 41.5 Å². The molecule has 0 unspecified atom stereocenters. The lowest BCUT2D eigenvalue weighted by atomic mass is 9.81. The number of aryl methyl sites for hydroxylation is 1. The topological polar surface area (TPSA) is 135 Å². The van der Waals surface area contributed by atoms with Crippen LogP contribution in [0.3, 0.4) is 0 Å². The third-order valence-electron chi connectivity index (χ3n) is 9.32. The Morgan fingerprint density at radius 2 is 2.07 bits per heavy atom. The lowest BCUT2D eigenvalue weighted by molar-refractivity contribution is -0.172. The van der Waals surface area contributed by atoms with Gasteiger partial charge in [0.2, 0.25) is 0 Å². The number of amides is 2. The molecule has 4 N–H and O–H groups in total. The molecule has 11 heteroatoms. The predicted molar refractivity (Wildman–Crippen MR) is 148 cm³/mol. The van der Waals surface area contributed by atoms with Crippen LogP contribution < -0.4 is 21.5 Å². The van der Waals surface area contributed by atoms with Gasteiger partial charge in [-0.2, -0.15) is 0 Å². The number of aromatic nitrogens is 2. The van der Waals surface area contributed by atoms with E-state index in [4.69, 9.17) is 9.72 Å². The van der Waals surface area contributed by atoms with Crippen LogP contribution >= 0.6 is 0 Å². The van der Waals surface area contributed by atoms with E-state index >= 15 is 4.39 Å². The number of nitrogens with one attached hydrogen (secondary N) is 3. The first-order chi connectivity index (χ1) is 19.7. The number of aliphatic hydroxyl groups is 1. The van der Waals surface area contributed by atoms with Crippen molar-refractivity contribution in [2.45, 2.75) is 76.8 Å². The fraction of sp³-hybridized carbons (Fsp3) is 0.467. The Balaban J connectivity index is 1.39. The van der Waals surface area contributed by atoms with E-state index in [1.54, 1.807) is 24.5 Å². The molecule has 1 saturated heterocycles. The Morgan fingerprint density at radius 3 is 2.83 bits per heavy atom. The van der Waals surface area contributed by atoms with Crippen molar-refractivity contribution in [1.29, 1.82) is 0 Å². The van der Waals surface area contributed by atoms with Gasteiger partial charge in [-0.1, -0.05) is 6.92 Å². The average Bonchev–Trinajstić information content (AvgIpc) is 3.33. The summed E-state index contributed by atoms with van der Waals surface area (Å²) in [5, 5.41) is 21.6. The zero-order valence-electron chi connectivity index (χ0n) is 23.0. The molecule has 1 fully saturated rings. The number of halogens is 1. The fourth-order valence-corrected chi connectivity index (χ4v) is 7.06. The number of nitrogens with zero attached hydrogens (tertiary/aromatic N) is 2. The molecule has 0 bridgehead atoms. The van der Waals surface area contributed by atoms with Crippen molar-refractivity contribution in [2.75, 3.05) is 13.1 Å². The van der Waals surface area contributed by atoms with Crippen molar-refractivity contribution in [1.82, 2.24) is 25.5 Å². The van der Waals surface area contributed by atoms with Crippen molar-refractivity contribution >= 4 is 22.9 Å². The molecule has 10 nitrogen and oxygen atoms in total. The van der Waals surface area contributed by atoms with Gasteiger partial charge in [-0.25, -0.2) is 19.0 Å². The Labute approximate surface area is 235 Å². The van der Waals surface area contributed by atoms with Gasteiger partial charge in [-0.15, -0.1) is 0 Å². The number of cyclic esters (lactones) is 1. The number of hydrogen-bond acceptors (Lipinski definition) is 7. The lowest BCUT2D eigenvalue weighted by Crippen LogP contribution is -2.50. The summed E-state index contributed by atoms with van der Waals surface area (Å²) in [5.41, 5.74) is 2.58. The van der Waals surface area contributed by atoms with Crippen molar-refractivity contribution < 1.29 is 23.8 Å². The summed E-state index contributed by atoms with van der Waals surface area (Å²) in [4.78, 5) is 44.3. The molecule has 5 heterocycles. The van der Waals surface area contributed by atoms with Crippen LogP contribution in [0.2, 0.25) is 0 Å². The summed E-state index contributed by atoms with van der Waals surface area (Å²) in [6.07, 6.45) is 3.08. The second-order valence-electron chi connectivity index (χ2n) is 11.6. The molecule has 0 saturated carbocycles. The number of ether oxygens (including phenoxy) is 1. The monoisotopic (exact) mass is 561 g/mol. The molecule has 3 aliphatic heterocycles. The molecular formula is C30H32FN5O5. The van der Waals surface area contributed by atoms with Crippen molar-refractivity contribution in [3.63, 3.8) is 0 Å². The highest BCUT2D eigenvalue weighted by molar-refractivity contribution is 5.93. The zero-order chi connectivity index (χ0) is 28.6. The number of rotatable bonds is 3. The molecular weight excluding hydrogens is 529 g/mol. The second-order valence-corrected chi connectivity index (χ2v) is 11.6. The van der Waals surface area contributed by atoms with Gasteiger partial charge in [0, 0.05) is 35.2 Å². The SMILES string of the molecule is CC[C@@]1(O)C(=O)OCc2c1cc1n(c2=O)Cc2c-1nc1cc(F)c(C)c3c1c2[C@@H](NC(=O)N[C@H]1CCCNC1)CC3. The first-order valence-corrected chi connectivity index (χ1v) is 14.3. The standard InChI is InChI=1S/C30H32FN5O5/c1-3-30(40)19-9-23-26-17(12-36(23)27(37)18(19)13-41-28(30)38)25-21(35-29(39)33-15-5-4-8-32-11-15)7-6-16-14(2)20(31)10-22(34-26)24(16)25/h9-10,15,21,32,40H,3-8,11-13H2,1-2H3,(H2,33,35,39)/t15-,21-,30-/m0/s1. The van der Waals surface area contributed by atoms with Crippen LogP contribution in [0, 0.1) is 12.7 Å². The van der Waals surface area contributed by atoms with E-state index in [2.05, 4.69) is 16.0 Å². The molecule has 214 valence electrons. The molecule has 41 heavy (non-hydrogen) atoms. The Bertz CT molecular complexity index is 1710. The van der Waals surface area contributed by atoms with Crippen molar-refractivity contribution in [2.24, 2.45) is 0 Å². The first kappa shape index (κ1) is 26.1. The van der Waals surface area contributed by atoms with Gasteiger partial charge in [-0.05, 0) is 68.3 Å². The minimum atomic E-state index is -1.94. The molecule has 7 rings (SSSR count). The number of esters is 1. The van der Waals surface area contributed by atoms with Crippen molar-refractivity contribution in [3.8, 4) is 11.4 Å². The lowest BCUT2D eigenvalue weighted by Gasteiger charge is -2.31. The third-order valence-corrected chi connectivity index (χ3v) is 9.32. The third kappa shape index (κ3) is 3.82. The van der Waals surface area contributed by atoms with E-state index in [-0.39, 0.29) is 60.2 Å². The van der Waals surface area contributed by atoms with Crippen LogP contribution in [0.15, 0.2) is 16.9 Å². The van der Waals surface area contributed by atoms with Crippen LogP contribution in [0.1, 0.15) is 72.0 Å².